The van der Waals surface area contributed by atoms with Crippen molar-refractivity contribution in [2.24, 2.45) is 7.05 Å². The van der Waals surface area contributed by atoms with Crippen LogP contribution in [0.1, 0.15) is 15.5 Å². The highest BCUT2D eigenvalue weighted by Gasteiger charge is 2.17. The molecule has 2 aromatic rings. The van der Waals surface area contributed by atoms with E-state index in [4.69, 9.17) is 11.6 Å². The zero-order valence-corrected chi connectivity index (χ0v) is 10.7. The Morgan fingerprint density at radius 3 is 2.87 bits per heavy atom. The standard InChI is InChI=1S/C8H5BrClN3OS/c1-13-4(2-11-8(13)10)6(14)7-12-5(9)3-15-7/h2-3H,1H3. The van der Waals surface area contributed by atoms with Gasteiger partial charge in [-0.3, -0.25) is 4.79 Å². The number of hydrogen-bond donors (Lipinski definition) is 0. The van der Waals surface area contributed by atoms with Crippen molar-refractivity contribution in [3.63, 3.8) is 0 Å². The lowest BCUT2D eigenvalue weighted by molar-refractivity contribution is 0.103. The van der Waals surface area contributed by atoms with Gasteiger partial charge in [0.2, 0.25) is 11.1 Å². The third-order valence-corrected chi connectivity index (χ3v) is 3.74. The molecule has 15 heavy (non-hydrogen) atoms. The molecule has 0 bridgehead atoms. The van der Waals surface area contributed by atoms with Crippen LogP contribution in [0.5, 0.6) is 0 Å². The summed E-state index contributed by atoms with van der Waals surface area (Å²) in [6.45, 7) is 0. The fourth-order valence-electron chi connectivity index (χ4n) is 1.07. The molecule has 0 unspecified atom stereocenters. The molecule has 0 aliphatic heterocycles. The first-order valence-electron chi connectivity index (χ1n) is 3.92. The zero-order chi connectivity index (χ0) is 11.0. The van der Waals surface area contributed by atoms with Crippen molar-refractivity contribution in [2.45, 2.75) is 0 Å². The summed E-state index contributed by atoms with van der Waals surface area (Å²) in [6, 6.07) is 0. The van der Waals surface area contributed by atoms with Gasteiger partial charge in [-0.05, 0) is 27.5 Å². The molecule has 0 N–H and O–H groups in total. The average molecular weight is 307 g/mol. The molecule has 2 aromatic heterocycles. The van der Waals surface area contributed by atoms with Crippen molar-refractivity contribution in [1.29, 1.82) is 0 Å². The number of nitrogens with zero attached hydrogens (tertiary/aromatic N) is 3. The number of ketones is 1. The minimum atomic E-state index is -0.174. The van der Waals surface area contributed by atoms with Gasteiger partial charge in [0.15, 0.2) is 5.01 Å². The van der Waals surface area contributed by atoms with Gasteiger partial charge in [0.25, 0.3) is 0 Å². The summed E-state index contributed by atoms with van der Waals surface area (Å²) in [5.74, 6) is -0.174. The molecule has 0 aliphatic rings. The molecule has 0 atom stereocenters. The molecule has 0 saturated heterocycles. The van der Waals surface area contributed by atoms with Crippen LogP contribution in [-0.4, -0.2) is 20.3 Å². The highest BCUT2D eigenvalue weighted by molar-refractivity contribution is 9.10. The van der Waals surface area contributed by atoms with E-state index in [-0.39, 0.29) is 11.1 Å². The smallest absolute Gasteiger partial charge is 0.239 e. The largest absolute Gasteiger partial charge is 0.315 e. The number of aromatic nitrogens is 3. The first-order chi connectivity index (χ1) is 7.09. The van der Waals surface area contributed by atoms with Crippen molar-refractivity contribution in [1.82, 2.24) is 14.5 Å². The van der Waals surface area contributed by atoms with Crippen molar-refractivity contribution < 1.29 is 4.79 Å². The van der Waals surface area contributed by atoms with E-state index in [1.165, 1.54) is 22.1 Å². The number of thiazole rings is 1. The van der Waals surface area contributed by atoms with E-state index in [1.807, 2.05) is 0 Å². The molecule has 2 rings (SSSR count). The van der Waals surface area contributed by atoms with E-state index in [0.717, 1.165) is 0 Å². The van der Waals surface area contributed by atoms with E-state index >= 15 is 0 Å². The Hall–Kier alpha value is -0.720. The minimum absolute atomic E-state index is 0.174. The van der Waals surface area contributed by atoms with Crippen LogP contribution < -0.4 is 0 Å². The Bertz CT molecular complexity index is 522. The van der Waals surface area contributed by atoms with Crippen molar-refractivity contribution in [2.75, 3.05) is 0 Å². The van der Waals surface area contributed by atoms with Gasteiger partial charge in [0, 0.05) is 12.4 Å². The Labute approximate surface area is 103 Å². The number of halogens is 2. The lowest BCUT2D eigenvalue weighted by Crippen LogP contribution is -2.06. The summed E-state index contributed by atoms with van der Waals surface area (Å²) < 4.78 is 2.18. The second kappa shape index (κ2) is 4.03. The quantitative estimate of drug-likeness (QED) is 0.801. The fourth-order valence-corrected chi connectivity index (χ4v) is 2.41. The molecule has 0 aliphatic carbocycles. The Morgan fingerprint density at radius 1 is 1.67 bits per heavy atom. The number of rotatable bonds is 2. The average Bonchev–Trinajstić information content (AvgIpc) is 2.75. The van der Waals surface area contributed by atoms with E-state index in [1.54, 1.807) is 12.4 Å². The molecule has 0 amide bonds. The van der Waals surface area contributed by atoms with Gasteiger partial charge in [-0.2, -0.15) is 0 Å². The van der Waals surface area contributed by atoms with Crippen LogP contribution in [0.2, 0.25) is 5.28 Å². The monoisotopic (exact) mass is 305 g/mol. The number of imidazole rings is 1. The summed E-state index contributed by atoms with van der Waals surface area (Å²) in [5, 5.41) is 2.46. The number of hydrogen-bond acceptors (Lipinski definition) is 4. The van der Waals surface area contributed by atoms with E-state index in [2.05, 4.69) is 25.9 Å². The Morgan fingerprint density at radius 2 is 2.40 bits per heavy atom. The third-order valence-electron chi connectivity index (χ3n) is 1.83. The Kier molecular flexibility index (Phi) is 2.90. The molecule has 0 radical (unpaired) electrons. The highest BCUT2D eigenvalue weighted by Crippen LogP contribution is 2.19. The lowest BCUT2D eigenvalue weighted by atomic mass is 10.3. The molecule has 0 fully saturated rings. The van der Waals surface area contributed by atoms with Crippen LogP contribution >= 0.6 is 38.9 Å². The third kappa shape index (κ3) is 1.97. The van der Waals surface area contributed by atoms with Crippen LogP contribution in [0.15, 0.2) is 16.2 Å². The maximum absolute atomic E-state index is 11.9. The predicted molar refractivity (Wildman–Crippen MR) is 61.5 cm³/mol. The maximum Gasteiger partial charge on any atom is 0.239 e. The van der Waals surface area contributed by atoms with Crippen LogP contribution in [0.25, 0.3) is 0 Å². The molecule has 0 saturated carbocycles. The zero-order valence-electron chi connectivity index (χ0n) is 7.57. The summed E-state index contributed by atoms with van der Waals surface area (Å²) in [4.78, 5) is 19.8. The Balaban J connectivity index is 2.41. The van der Waals surface area contributed by atoms with Crippen LogP contribution in [0.3, 0.4) is 0 Å². The molecule has 0 aromatic carbocycles. The SMILES string of the molecule is Cn1c(C(=O)c2nc(Br)cs2)cnc1Cl. The van der Waals surface area contributed by atoms with E-state index < -0.39 is 0 Å². The second-order valence-corrected chi connectivity index (χ2v) is 4.78. The normalized spacial score (nSPS) is 10.6. The van der Waals surface area contributed by atoms with Gasteiger partial charge < -0.3 is 4.57 Å². The second-order valence-electron chi connectivity index (χ2n) is 2.78. The maximum atomic E-state index is 11.9. The van der Waals surface area contributed by atoms with Gasteiger partial charge in [-0.1, -0.05) is 0 Å². The molecular weight excluding hydrogens is 302 g/mol. The van der Waals surface area contributed by atoms with Crippen molar-refractivity contribution >= 4 is 44.7 Å². The van der Waals surface area contributed by atoms with E-state index in [9.17, 15) is 4.79 Å². The molecule has 78 valence electrons. The molecule has 0 spiro atoms. The first kappa shape index (κ1) is 10.8. The minimum Gasteiger partial charge on any atom is -0.315 e. The molecule has 2 heterocycles. The van der Waals surface area contributed by atoms with Gasteiger partial charge >= 0.3 is 0 Å². The van der Waals surface area contributed by atoms with Crippen molar-refractivity contribution in [3.05, 3.63) is 32.2 Å². The van der Waals surface area contributed by atoms with Gasteiger partial charge in [0.1, 0.15) is 10.3 Å². The summed E-state index contributed by atoms with van der Waals surface area (Å²) in [7, 11) is 1.69. The summed E-state index contributed by atoms with van der Waals surface area (Å²) in [6.07, 6.45) is 1.44. The van der Waals surface area contributed by atoms with Gasteiger partial charge in [0.05, 0.1) is 6.20 Å². The number of carbonyl (C=O) groups is 1. The predicted octanol–water partition coefficient (Wildman–Crippen LogP) is 2.52. The lowest BCUT2D eigenvalue weighted by Gasteiger charge is -1.98. The first-order valence-corrected chi connectivity index (χ1v) is 5.97. The molecule has 7 heteroatoms. The van der Waals surface area contributed by atoms with Crippen LogP contribution in [0, 0.1) is 0 Å². The van der Waals surface area contributed by atoms with Crippen LogP contribution in [-0.2, 0) is 7.05 Å². The van der Waals surface area contributed by atoms with Gasteiger partial charge in [-0.15, -0.1) is 11.3 Å². The number of carbonyl (C=O) groups excluding carboxylic acids is 1. The fraction of sp³-hybridized carbons (Fsp3) is 0.125. The molecule has 4 nitrogen and oxygen atoms in total. The summed E-state index contributed by atoms with van der Waals surface area (Å²) in [5.41, 5.74) is 0.432. The van der Waals surface area contributed by atoms with E-state index in [0.29, 0.717) is 15.3 Å². The van der Waals surface area contributed by atoms with Crippen LogP contribution in [0.4, 0.5) is 0 Å². The van der Waals surface area contributed by atoms with Gasteiger partial charge in [-0.25, -0.2) is 9.97 Å². The summed E-state index contributed by atoms with van der Waals surface area (Å²) >= 11 is 10.2. The molecular formula is C8H5BrClN3OS. The topological polar surface area (TPSA) is 47.8 Å². The van der Waals surface area contributed by atoms with Crippen molar-refractivity contribution in [3.8, 4) is 0 Å². The highest BCUT2D eigenvalue weighted by atomic mass is 79.9.